The third kappa shape index (κ3) is 3.62. The Hall–Kier alpha value is -3.55. The van der Waals surface area contributed by atoms with Crippen molar-refractivity contribution in [3.05, 3.63) is 70.6 Å². The molecule has 28 heavy (non-hydrogen) atoms. The summed E-state index contributed by atoms with van der Waals surface area (Å²) in [4.78, 5) is 41.5. The lowest BCUT2D eigenvalue weighted by Crippen LogP contribution is -2.47. The molecule has 2 N–H and O–H groups in total. The van der Waals surface area contributed by atoms with E-state index in [1.165, 1.54) is 24.9 Å². The average molecular weight is 381 g/mol. The lowest BCUT2D eigenvalue weighted by molar-refractivity contribution is 0.0697. The van der Waals surface area contributed by atoms with E-state index < -0.39 is 11.5 Å². The van der Waals surface area contributed by atoms with Gasteiger partial charge in [0.25, 0.3) is 17.4 Å². The van der Waals surface area contributed by atoms with Gasteiger partial charge in [0.05, 0.1) is 23.8 Å². The molecule has 2 amide bonds. The Bertz CT molecular complexity index is 1010. The standard InChI is InChI=1S/C20H19N3O5/c24-18(15-3-4-16(22-19(15)25)17-2-1-10-28-17)21-14-5-8-23(9-6-14)20(26)13-7-11-27-12-13/h1-4,7,10-12,14H,5-6,8-9H2,(H,21,24)(H,22,25). The van der Waals surface area contributed by atoms with Gasteiger partial charge in [-0.15, -0.1) is 0 Å². The molecule has 0 unspecified atom stereocenters. The van der Waals surface area contributed by atoms with Gasteiger partial charge in [0.2, 0.25) is 0 Å². The highest BCUT2D eigenvalue weighted by atomic mass is 16.3. The van der Waals surface area contributed by atoms with E-state index in [1.54, 1.807) is 29.2 Å². The summed E-state index contributed by atoms with van der Waals surface area (Å²) in [5.41, 5.74) is 0.606. The first kappa shape index (κ1) is 17.8. The number of aromatic amines is 1. The summed E-state index contributed by atoms with van der Waals surface area (Å²) in [5, 5.41) is 2.89. The van der Waals surface area contributed by atoms with E-state index in [0.29, 0.717) is 42.9 Å². The first-order chi connectivity index (χ1) is 13.6. The lowest BCUT2D eigenvalue weighted by atomic mass is 10.0. The molecule has 4 heterocycles. The zero-order valence-corrected chi connectivity index (χ0v) is 15.0. The van der Waals surface area contributed by atoms with Crippen LogP contribution in [-0.2, 0) is 0 Å². The number of carbonyl (C=O) groups is 2. The number of likely N-dealkylation sites (tertiary alicyclic amines) is 1. The van der Waals surface area contributed by atoms with E-state index >= 15 is 0 Å². The molecule has 8 heteroatoms. The number of furan rings is 2. The van der Waals surface area contributed by atoms with E-state index in [-0.39, 0.29) is 17.5 Å². The van der Waals surface area contributed by atoms with Crippen LogP contribution in [0.5, 0.6) is 0 Å². The van der Waals surface area contributed by atoms with Gasteiger partial charge in [-0.3, -0.25) is 14.4 Å². The Morgan fingerprint density at radius 1 is 1.11 bits per heavy atom. The number of pyridine rings is 1. The summed E-state index contributed by atoms with van der Waals surface area (Å²) in [6, 6.07) is 8.12. The van der Waals surface area contributed by atoms with Gasteiger partial charge in [-0.25, -0.2) is 0 Å². The summed E-state index contributed by atoms with van der Waals surface area (Å²) in [7, 11) is 0. The highest BCUT2D eigenvalue weighted by molar-refractivity contribution is 5.95. The maximum atomic E-state index is 12.5. The molecule has 0 aromatic carbocycles. The van der Waals surface area contributed by atoms with Crippen molar-refractivity contribution in [3.8, 4) is 11.5 Å². The fourth-order valence-corrected chi connectivity index (χ4v) is 3.29. The fraction of sp³-hybridized carbons (Fsp3) is 0.250. The molecule has 0 radical (unpaired) electrons. The van der Waals surface area contributed by atoms with Crippen molar-refractivity contribution in [1.29, 1.82) is 0 Å². The van der Waals surface area contributed by atoms with Crippen molar-refractivity contribution in [2.75, 3.05) is 13.1 Å². The number of nitrogens with one attached hydrogen (secondary N) is 2. The highest BCUT2D eigenvalue weighted by Gasteiger charge is 2.26. The van der Waals surface area contributed by atoms with Crippen LogP contribution in [0.3, 0.4) is 0 Å². The molecule has 0 atom stereocenters. The number of rotatable bonds is 4. The van der Waals surface area contributed by atoms with Crippen LogP contribution in [0.4, 0.5) is 0 Å². The largest absolute Gasteiger partial charge is 0.472 e. The monoisotopic (exact) mass is 381 g/mol. The molecular formula is C20H19N3O5. The molecule has 0 aliphatic carbocycles. The van der Waals surface area contributed by atoms with Gasteiger partial charge in [0.1, 0.15) is 17.6 Å². The summed E-state index contributed by atoms with van der Waals surface area (Å²) in [6.07, 6.45) is 5.65. The summed E-state index contributed by atoms with van der Waals surface area (Å²) >= 11 is 0. The Morgan fingerprint density at radius 2 is 1.93 bits per heavy atom. The SMILES string of the molecule is O=C(NC1CCN(C(=O)c2ccoc2)CC1)c1ccc(-c2ccco2)[nH]c1=O. The molecule has 4 rings (SSSR count). The van der Waals surface area contributed by atoms with Crippen LogP contribution in [0.1, 0.15) is 33.6 Å². The lowest BCUT2D eigenvalue weighted by Gasteiger charge is -2.32. The smallest absolute Gasteiger partial charge is 0.261 e. The zero-order chi connectivity index (χ0) is 19.5. The van der Waals surface area contributed by atoms with Crippen LogP contribution in [0, 0.1) is 0 Å². The van der Waals surface area contributed by atoms with E-state index in [4.69, 9.17) is 8.83 Å². The van der Waals surface area contributed by atoms with Crippen molar-refractivity contribution < 1.29 is 18.4 Å². The molecule has 1 fully saturated rings. The van der Waals surface area contributed by atoms with Gasteiger partial charge in [-0.1, -0.05) is 0 Å². The molecule has 1 saturated heterocycles. The van der Waals surface area contributed by atoms with Gasteiger partial charge < -0.3 is 24.0 Å². The minimum atomic E-state index is -0.473. The molecular weight excluding hydrogens is 362 g/mol. The van der Waals surface area contributed by atoms with Crippen molar-refractivity contribution in [2.45, 2.75) is 18.9 Å². The first-order valence-electron chi connectivity index (χ1n) is 9.01. The van der Waals surface area contributed by atoms with Gasteiger partial charge in [-0.2, -0.15) is 0 Å². The fourth-order valence-electron chi connectivity index (χ4n) is 3.29. The summed E-state index contributed by atoms with van der Waals surface area (Å²) in [6.45, 7) is 1.06. The van der Waals surface area contributed by atoms with Crippen LogP contribution in [-0.4, -0.2) is 40.8 Å². The second-order valence-corrected chi connectivity index (χ2v) is 6.64. The number of nitrogens with zero attached hydrogens (tertiary/aromatic N) is 1. The zero-order valence-electron chi connectivity index (χ0n) is 15.0. The quantitative estimate of drug-likeness (QED) is 0.721. The Kier molecular flexibility index (Phi) is 4.84. The number of H-pyrrole nitrogens is 1. The molecule has 8 nitrogen and oxygen atoms in total. The molecule has 3 aromatic rings. The molecule has 1 aliphatic heterocycles. The van der Waals surface area contributed by atoms with Gasteiger partial charge in [-0.05, 0) is 43.2 Å². The minimum absolute atomic E-state index is 0.0483. The first-order valence-corrected chi connectivity index (χ1v) is 9.01. The molecule has 0 saturated carbocycles. The summed E-state index contributed by atoms with van der Waals surface area (Å²) < 4.78 is 10.2. The van der Waals surface area contributed by atoms with Crippen LogP contribution >= 0.6 is 0 Å². The van der Waals surface area contributed by atoms with E-state index in [9.17, 15) is 14.4 Å². The second-order valence-electron chi connectivity index (χ2n) is 6.64. The molecule has 0 spiro atoms. The van der Waals surface area contributed by atoms with Crippen LogP contribution in [0.15, 0.2) is 62.8 Å². The van der Waals surface area contributed by atoms with Crippen molar-refractivity contribution in [3.63, 3.8) is 0 Å². The van der Waals surface area contributed by atoms with E-state index in [2.05, 4.69) is 10.3 Å². The number of hydrogen-bond donors (Lipinski definition) is 2. The predicted molar refractivity (Wildman–Crippen MR) is 99.9 cm³/mol. The molecule has 0 bridgehead atoms. The highest BCUT2D eigenvalue weighted by Crippen LogP contribution is 2.17. The predicted octanol–water partition coefficient (Wildman–Crippen LogP) is 2.26. The van der Waals surface area contributed by atoms with Crippen molar-refractivity contribution >= 4 is 11.8 Å². The van der Waals surface area contributed by atoms with Crippen LogP contribution < -0.4 is 10.9 Å². The third-order valence-corrected chi connectivity index (χ3v) is 4.83. The number of carbonyl (C=O) groups excluding carboxylic acids is 2. The maximum absolute atomic E-state index is 12.5. The minimum Gasteiger partial charge on any atom is -0.472 e. The molecule has 144 valence electrons. The summed E-state index contributed by atoms with van der Waals surface area (Å²) in [5.74, 6) is 0.0223. The van der Waals surface area contributed by atoms with Crippen LogP contribution in [0.25, 0.3) is 11.5 Å². The molecule has 3 aromatic heterocycles. The topological polar surface area (TPSA) is 109 Å². The van der Waals surface area contributed by atoms with Crippen LogP contribution in [0.2, 0.25) is 0 Å². The Balaban J connectivity index is 1.36. The van der Waals surface area contributed by atoms with Gasteiger partial charge in [0.15, 0.2) is 0 Å². The second kappa shape index (κ2) is 7.59. The number of amides is 2. The van der Waals surface area contributed by atoms with Crippen molar-refractivity contribution in [1.82, 2.24) is 15.2 Å². The van der Waals surface area contributed by atoms with E-state index in [0.717, 1.165) is 0 Å². The van der Waals surface area contributed by atoms with E-state index in [1.807, 2.05) is 0 Å². The van der Waals surface area contributed by atoms with Crippen molar-refractivity contribution in [2.24, 2.45) is 0 Å². The normalized spacial score (nSPS) is 14.8. The maximum Gasteiger partial charge on any atom is 0.261 e. The Labute approximate surface area is 160 Å². The number of piperidine rings is 1. The number of hydrogen-bond acceptors (Lipinski definition) is 5. The molecule has 1 aliphatic rings. The van der Waals surface area contributed by atoms with Gasteiger partial charge >= 0.3 is 0 Å². The number of aromatic nitrogens is 1. The average Bonchev–Trinajstić information content (AvgIpc) is 3.42. The third-order valence-electron chi connectivity index (χ3n) is 4.83. The Morgan fingerprint density at radius 3 is 2.57 bits per heavy atom. The van der Waals surface area contributed by atoms with Gasteiger partial charge in [0, 0.05) is 19.1 Å².